The van der Waals surface area contributed by atoms with E-state index in [1.807, 2.05) is 12.3 Å². The van der Waals surface area contributed by atoms with Gasteiger partial charge < -0.3 is 15.4 Å². The smallest absolute Gasteiger partial charge is 0.0726 e. The van der Waals surface area contributed by atoms with Gasteiger partial charge in [-0.1, -0.05) is 0 Å². The zero-order valence-electron chi connectivity index (χ0n) is 9.18. The summed E-state index contributed by atoms with van der Waals surface area (Å²) in [6, 6.07) is 1.96. The zero-order valence-corrected chi connectivity index (χ0v) is 9.18. The second-order valence-electron chi connectivity index (χ2n) is 4.14. The maximum Gasteiger partial charge on any atom is 0.0726 e. The molecule has 0 radical (unpaired) electrons. The van der Waals surface area contributed by atoms with Crippen molar-refractivity contribution in [3.63, 3.8) is 0 Å². The first kappa shape index (κ1) is 10.2. The van der Waals surface area contributed by atoms with Crippen LogP contribution in [0.5, 0.6) is 0 Å². The van der Waals surface area contributed by atoms with Crippen molar-refractivity contribution in [1.29, 1.82) is 0 Å². The monoisotopic (exact) mass is 207 g/mol. The molecule has 4 heteroatoms. The highest BCUT2D eigenvalue weighted by Gasteiger charge is 2.22. The lowest BCUT2D eigenvalue weighted by molar-refractivity contribution is -0.00523. The van der Waals surface area contributed by atoms with Crippen LogP contribution in [0.4, 0.5) is 11.4 Å². The zero-order chi connectivity index (χ0) is 10.8. The second kappa shape index (κ2) is 4.06. The molecule has 2 heterocycles. The van der Waals surface area contributed by atoms with Gasteiger partial charge in [-0.3, -0.25) is 4.98 Å². The molecule has 1 aliphatic rings. The molecule has 1 aromatic heterocycles. The minimum Gasteiger partial charge on any atom is -0.397 e. The summed E-state index contributed by atoms with van der Waals surface area (Å²) in [6.45, 7) is 5.97. The van der Waals surface area contributed by atoms with Crippen molar-refractivity contribution >= 4 is 11.4 Å². The highest BCUT2D eigenvalue weighted by molar-refractivity contribution is 5.53. The molecule has 0 amide bonds. The van der Waals surface area contributed by atoms with Crippen LogP contribution in [0.2, 0.25) is 0 Å². The Bertz CT molecular complexity index is 332. The van der Waals surface area contributed by atoms with Crippen LogP contribution in [0.3, 0.4) is 0 Å². The topological polar surface area (TPSA) is 51.4 Å². The van der Waals surface area contributed by atoms with Gasteiger partial charge in [0.1, 0.15) is 0 Å². The van der Waals surface area contributed by atoms with Crippen molar-refractivity contribution in [3.05, 3.63) is 18.5 Å². The number of pyridine rings is 1. The van der Waals surface area contributed by atoms with Gasteiger partial charge in [-0.2, -0.15) is 0 Å². The lowest BCUT2D eigenvalue weighted by Gasteiger charge is -2.36. The molecule has 1 fully saturated rings. The summed E-state index contributed by atoms with van der Waals surface area (Å²) in [5, 5.41) is 0. The molecule has 2 rings (SSSR count). The Kier molecular flexibility index (Phi) is 2.77. The quantitative estimate of drug-likeness (QED) is 0.753. The molecule has 2 atom stereocenters. The molecule has 0 aliphatic carbocycles. The number of nitrogens with zero attached hydrogens (tertiary/aromatic N) is 2. The molecule has 0 aromatic carbocycles. The summed E-state index contributed by atoms with van der Waals surface area (Å²) in [4.78, 5) is 6.37. The molecule has 82 valence electrons. The molecule has 15 heavy (non-hydrogen) atoms. The number of hydrogen-bond donors (Lipinski definition) is 1. The molecule has 0 saturated carbocycles. The predicted molar refractivity (Wildman–Crippen MR) is 60.9 cm³/mol. The van der Waals surface area contributed by atoms with E-state index in [-0.39, 0.29) is 12.2 Å². The van der Waals surface area contributed by atoms with E-state index in [0.717, 1.165) is 18.8 Å². The maximum absolute atomic E-state index is 5.71. The van der Waals surface area contributed by atoms with Crippen LogP contribution >= 0.6 is 0 Å². The molecule has 1 aliphatic heterocycles. The third kappa shape index (κ3) is 2.39. The standard InChI is InChI=1S/C11H17N3O/c1-8-6-14(7-9(2)15-8)11-3-10(12)4-13-5-11/h3-5,8-9H,6-7,12H2,1-2H3/t8-,9+. The lowest BCUT2D eigenvalue weighted by Crippen LogP contribution is -2.45. The van der Waals surface area contributed by atoms with Gasteiger partial charge in [0.05, 0.1) is 29.8 Å². The molecule has 2 N–H and O–H groups in total. The fraction of sp³-hybridized carbons (Fsp3) is 0.545. The number of nitrogens with two attached hydrogens (primary N) is 1. The normalized spacial score (nSPS) is 26.7. The van der Waals surface area contributed by atoms with Crippen LogP contribution in [0.25, 0.3) is 0 Å². The fourth-order valence-corrected chi connectivity index (χ4v) is 2.01. The lowest BCUT2D eigenvalue weighted by atomic mass is 10.2. The summed E-state index contributed by atoms with van der Waals surface area (Å²) in [5.74, 6) is 0. The van der Waals surface area contributed by atoms with Crippen LogP contribution in [0.15, 0.2) is 18.5 Å². The maximum atomic E-state index is 5.71. The van der Waals surface area contributed by atoms with Gasteiger partial charge in [-0.05, 0) is 19.9 Å². The van der Waals surface area contributed by atoms with E-state index in [1.54, 1.807) is 6.20 Å². The average molecular weight is 207 g/mol. The van der Waals surface area contributed by atoms with Crippen LogP contribution in [-0.2, 0) is 4.74 Å². The summed E-state index contributed by atoms with van der Waals surface area (Å²) in [5.41, 5.74) is 7.50. The average Bonchev–Trinajstić information content (AvgIpc) is 2.16. The van der Waals surface area contributed by atoms with Crippen LogP contribution in [-0.4, -0.2) is 30.3 Å². The van der Waals surface area contributed by atoms with Gasteiger partial charge in [0.15, 0.2) is 0 Å². The molecule has 4 nitrogen and oxygen atoms in total. The number of ether oxygens (including phenoxy) is 1. The van der Waals surface area contributed by atoms with Crippen molar-refractivity contribution in [3.8, 4) is 0 Å². The number of hydrogen-bond acceptors (Lipinski definition) is 4. The van der Waals surface area contributed by atoms with Gasteiger partial charge in [0.2, 0.25) is 0 Å². The Balaban J connectivity index is 2.16. The minimum atomic E-state index is 0.259. The van der Waals surface area contributed by atoms with Crippen molar-refractivity contribution in [2.75, 3.05) is 23.7 Å². The Labute approximate surface area is 90.0 Å². The van der Waals surface area contributed by atoms with Crippen molar-refractivity contribution < 1.29 is 4.74 Å². The van der Waals surface area contributed by atoms with Gasteiger partial charge >= 0.3 is 0 Å². The first-order chi connectivity index (χ1) is 7.15. The number of aromatic nitrogens is 1. The number of nitrogen functional groups attached to an aromatic ring is 1. The molecule has 1 aromatic rings. The molecule has 0 unspecified atom stereocenters. The highest BCUT2D eigenvalue weighted by atomic mass is 16.5. The van der Waals surface area contributed by atoms with Crippen LogP contribution in [0.1, 0.15) is 13.8 Å². The predicted octanol–water partition coefficient (Wildman–Crippen LogP) is 1.28. The third-order valence-electron chi connectivity index (χ3n) is 2.53. The fourth-order valence-electron chi connectivity index (χ4n) is 2.01. The number of rotatable bonds is 1. The molecule has 0 spiro atoms. The van der Waals surface area contributed by atoms with Crippen molar-refractivity contribution in [2.24, 2.45) is 0 Å². The Morgan fingerprint density at radius 2 is 2.00 bits per heavy atom. The first-order valence-electron chi connectivity index (χ1n) is 5.26. The number of morpholine rings is 1. The largest absolute Gasteiger partial charge is 0.397 e. The molecule has 0 bridgehead atoms. The van der Waals surface area contributed by atoms with E-state index in [4.69, 9.17) is 10.5 Å². The van der Waals surface area contributed by atoms with E-state index >= 15 is 0 Å². The summed E-state index contributed by atoms with van der Waals surface area (Å²) in [6.07, 6.45) is 4.03. The van der Waals surface area contributed by atoms with Gasteiger partial charge in [-0.15, -0.1) is 0 Å². The van der Waals surface area contributed by atoms with Gasteiger partial charge in [-0.25, -0.2) is 0 Å². The number of anilines is 2. The second-order valence-corrected chi connectivity index (χ2v) is 4.14. The van der Waals surface area contributed by atoms with E-state index in [1.165, 1.54) is 0 Å². The van der Waals surface area contributed by atoms with E-state index in [0.29, 0.717) is 5.69 Å². The van der Waals surface area contributed by atoms with E-state index in [2.05, 4.69) is 23.7 Å². The van der Waals surface area contributed by atoms with Crippen LogP contribution < -0.4 is 10.6 Å². The summed E-state index contributed by atoms with van der Waals surface area (Å²) < 4.78 is 5.67. The van der Waals surface area contributed by atoms with Crippen LogP contribution in [0, 0.1) is 0 Å². The van der Waals surface area contributed by atoms with Crippen molar-refractivity contribution in [2.45, 2.75) is 26.1 Å². The Morgan fingerprint density at radius 1 is 1.33 bits per heavy atom. The highest BCUT2D eigenvalue weighted by Crippen LogP contribution is 2.20. The molecular formula is C11H17N3O. The minimum absolute atomic E-state index is 0.259. The Morgan fingerprint density at radius 3 is 2.60 bits per heavy atom. The van der Waals surface area contributed by atoms with Gasteiger partial charge in [0, 0.05) is 19.3 Å². The molecule has 1 saturated heterocycles. The van der Waals surface area contributed by atoms with Crippen molar-refractivity contribution in [1.82, 2.24) is 4.98 Å². The third-order valence-corrected chi connectivity index (χ3v) is 2.53. The van der Waals surface area contributed by atoms with E-state index in [9.17, 15) is 0 Å². The molecular weight excluding hydrogens is 190 g/mol. The SMILES string of the molecule is C[C@@H]1CN(c2cncc(N)c2)C[C@H](C)O1. The Hall–Kier alpha value is -1.29. The van der Waals surface area contributed by atoms with Gasteiger partial charge in [0.25, 0.3) is 0 Å². The first-order valence-corrected chi connectivity index (χ1v) is 5.26. The summed E-state index contributed by atoms with van der Waals surface area (Å²) in [7, 11) is 0. The van der Waals surface area contributed by atoms with E-state index < -0.39 is 0 Å². The summed E-state index contributed by atoms with van der Waals surface area (Å²) >= 11 is 0.